The predicted octanol–water partition coefficient (Wildman–Crippen LogP) is 0.665. The fourth-order valence-corrected chi connectivity index (χ4v) is 2.11. The third-order valence-corrected chi connectivity index (χ3v) is 2.77. The number of carboxylic acids is 1. The normalized spacial score (nSPS) is 19.6. The Labute approximate surface area is 86.2 Å². The average Bonchev–Trinajstić information content (AvgIpc) is 2.19. The molecule has 0 radical (unpaired) electrons. The summed E-state index contributed by atoms with van der Waals surface area (Å²) in [6.07, 6.45) is 3.77. The summed E-state index contributed by atoms with van der Waals surface area (Å²) >= 11 is 0. The van der Waals surface area contributed by atoms with Crippen molar-refractivity contribution in [2.45, 2.75) is 31.6 Å². The summed E-state index contributed by atoms with van der Waals surface area (Å²) in [6, 6.07) is 0. The Morgan fingerprint density at radius 3 is 3.20 bits per heavy atom. The van der Waals surface area contributed by atoms with Gasteiger partial charge in [0.15, 0.2) is 0 Å². The van der Waals surface area contributed by atoms with Crippen molar-refractivity contribution in [1.82, 2.24) is 9.97 Å². The summed E-state index contributed by atoms with van der Waals surface area (Å²) in [4.78, 5) is 28.7. The number of aliphatic carboxylic acids is 1. The zero-order valence-electron chi connectivity index (χ0n) is 8.19. The molecule has 2 rings (SSSR count). The number of carboxylic acid groups (broad SMARTS) is 1. The van der Waals surface area contributed by atoms with E-state index >= 15 is 0 Å². The Hall–Kier alpha value is -1.65. The molecule has 1 aliphatic rings. The first-order valence-electron chi connectivity index (χ1n) is 4.96. The van der Waals surface area contributed by atoms with Gasteiger partial charge in [0, 0.05) is 11.5 Å². The van der Waals surface area contributed by atoms with Crippen LogP contribution in [0.3, 0.4) is 0 Å². The van der Waals surface area contributed by atoms with Crippen molar-refractivity contribution in [2.75, 3.05) is 0 Å². The topological polar surface area (TPSA) is 83.0 Å². The molecule has 1 unspecified atom stereocenters. The number of nitrogens with zero attached hydrogens (tertiary/aromatic N) is 1. The molecule has 1 heterocycles. The molecule has 0 aliphatic heterocycles. The van der Waals surface area contributed by atoms with Crippen LogP contribution in [0.15, 0.2) is 11.1 Å². The molecular weight excluding hydrogens is 196 g/mol. The van der Waals surface area contributed by atoms with E-state index in [4.69, 9.17) is 5.11 Å². The van der Waals surface area contributed by atoms with Gasteiger partial charge in [0.1, 0.15) is 0 Å². The number of nitrogens with one attached hydrogen (secondary N) is 1. The summed E-state index contributed by atoms with van der Waals surface area (Å²) in [5, 5.41) is 8.75. The van der Waals surface area contributed by atoms with Gasteiger partial charge >= 0.3 is 5.97 Å². The summed E-state index contributed by atoms with van der Waals surface area (Å²) in [7, 11) is 0. The smallest absolute Gasteiger partial charge is 0.304 e. The van der Waals surface area contributed by atoms with Gasteiger partial charge in [-0.05, 0) is 19.3 Å². The third kappa shape index (κ3) is 1.91. The van der Waals surface area contributed by atoms with E-state index in [1.807, 2.05) is 0 Å². The maximum Gasteiger partial charge on any atom is 0.304 e. The number of fused-ring (bicyclic) bond motifs is 1. The summed E-state index contributed by atoms with van der Waals surface area (Å²) in [6.45, 7) is 0. The molecule has 1 aliphatic carbocycles. The highest BCUT2D eigenvalue weighted by Crippen LogP contribution is 2.30. The monoisotopic (exact) mass is 208 g/mol. The highest BCUT2D eigenvalue weighted by atomic mass is 16.4. The molecule has 0 spiro atoms. The lowest BCUT2D eigenvalue weighted by Gasteiger charge is -2.21. The van der Waals surface area contributed by atoms with Crippen LogP contribution in [-0.2, 0) is 11.2 Å². The van der Waals surface area contributed by atoms with E-state index in [0.717, 1.165) is 12.8 Å². The number of rotatable bonds is 2. The minimum absolute atomic E-state index is 0.0590. The Balaban J connectivity index is 2.38. The van der Waals surface area contributed by atoms with Crippen LogP contribution in [0, 0.1) is 0 Å². The van der Waals surface area contributed by atoms with Crippen LogP contribution in [0.1, 0.15) is 36.4 Å². The average molecular weight is 208 g/mol. The lowest BCUT2D eigenvalue weighted by Crippen LogP contribution is -2.23. The molecule has 0 aromatic carbocycles. The van der Waals surface area contributed by atoms with Crippen molar-refractivity contribution in [2.24, 2.45) is 0 Å². The summed E-state index contributed by atoms with van der Waals surface area (Å²) in [5.74, 6) is -0.941. The van der Waals surface area contributed by atoms with Crippen molar-refractivity contribution in [3.8, 4) is 0 Å². The van der Waals surface area contributed by atoms with Crippen LogP contribution >= 0.6 is 0 Å². The number of hydrogen-bond donors (Lipinski definition) is 2. The lowest BCUT2D eigenvalue weighted by molar-refractivity contribution is -0.137. The molecule has 1 aromatic heterocycles. The van der Waals surface area contributed by atoms with E-state index in [-0.39, 0.29) is 17.9 Å². The van der Waals surface area contributed by atoms with Crippen LogP contribution < -0.4 is 5.56 Å². The van der Waals surface area contributed by atoms with Crippen LogP contribution in [0.2, 0.25) is 0 Å². The van der Waals surface area contributed by atoms with Gasteiger partial charge in [0.2, 0.25) is 0 Å². The minimum Gasteiger partial charge on any atom is -0.481 e. The van der Waals surface area contributed by atoms with E-state index in [2.05, 4.69) is 9.97 Å². The van der Waals surface area contributed by atoms with E-state index < -0.39 is 5.97 Å². The largest absolute Gasteiger partial charge is 0.481 e. The molecule has 5 heteroatoms. The molecule has 1 atom stereocenters. The second-order valence-corrected chi connectivity index (χ2v) is 3.78. The molecular formula is C10H12N2O3. The molecule has 0 saturated heterocycles. The van der Waals surface area contributed by atoms with Gasteiger partial charge in [-0.15, -0.1) is 0 Å². The van der Waals surface area contributed by atoms with Crippen molar-refractivity contribution >= 4 is 5.97 Å². The Kier molecular flexibility index (Phi) is 2.53. The van der Waals surface area contributed by atoms with E-state index in [9.17, 15) is 9.59 Å². The van der Waals surface area contributed by atoms with Gasteiger partial charge < -0.3 is 10.1 Å². The number of hydrogen-bond acceptors (Lipinski definition) is 3. The number of H-pyrrole nitrogens is 1. The quantitative estimate of drug-likeness (QED) is 0.748. The molecule has 15 heavy (non-hydrogen) atoms. The van der Waals surface area contributed by atoms with Gasteiger partial charge in [0.05, 0.1) is 18.4 Å². The summed E-state index contributed by atoms with van der Waals surface area (Å²) < 4.78 is 0. The maximum absolute atomic E-state index is 11.5. The SMILES string of the molecule is O=C(O)CC1CCCc2c1nc[nH]c2=O. The zero-order valence-corrected chi connectivity index (χ0v) is 8.19. The molecule has 5 nitrogen and oxygen atoms in total. The highest BCUT2D eigenvalue weighted by Gasteiger charge is 2.25. The fourth-order valence-electron chi connectivity index (χ4n) is 2.11. The van der Waals surface area contributed by atoms with Gasteiger partial charge in [-0.1, -0.05) is 0 Å². The minimum atomic E-state index is -0.838. The van der Waals surface area contributed by atoms with Crippen molar-refractivity contribution < 1.29 is 9.90 Å². The Morgan fingerprint density at radius 2 is 2.47 bits per heavy atom. The van der Waals surface area contributed by atoms with Crippen molar-refractivity contribution in [1.29, 1.82) is 0 Å². The van der Waals surface area contributed by atoms with Gasteiger partial charge in [-0.2, -0.15) is 0 Å². The molecule has 0 bridgehead atoms. The molecule has 0 fully saturated rings. The van der Waals surface area contributed by atoms with Crippen LogP contribution in [0.5, 0.6) is 0 Å². The van der Waals surface area contributed by atoms with Crippen molar-refractivity contribution in [3.63, 3.8) is 0 Å². The van der Waals surface area contributed by atoms with Gasteiger partial charge in [0.25, 0.3) is 5.56 Å². The van der Waals surface area contributed by atoms with Crippen LogP contribution in [-0.4, -0.2) is 21.0 Å². The standard InChI is InChI=1S/C10H12N2O3/c13-8(14)4-6-2-1-3-7-9(6)11-5-12-10(7)15/h5-6H,1-4H2,(H,13,14)(H,11,12,15). The first kappa shape index (κ1) is 9.89. The van der Waals surface area contributed by atoms with Crippen LogP contribution in [0.25, 0.3) is 0 Å². The van der Waals surface area contributed by atoms with E-state index in [1.165, 1.54) is 6.33 Å². The maximum atomic E-state index is 11.5. The van der Waals surface area contributed by atoms with Crippen LogP contribution in [0.4, 0.5) is 0 Å². The molecule has 80 valence electrons. The first-order chi connectivity index (χ1) is 7.18. The van der Waals surface area contributed by atoms with Gasteiger partial charge in [-0.3, -0.25) is 9.59 Å². The Bertz CT molecular complexity index is 439. The number of carbonyl (C=O) groups is 1. The zero-order chi connectivity index (χ0) is 10.8. The van der Waals surface area contributed by atoms with E-state index in [1.54, 1.807) is 0 Å². The van der Waals surface area contributed by atoms with Crippen molar-refractivity contribution in [3.05, 3.63) is 27.9 Å². The summed E-state index contributed by atoms with van der Waals surface area (Å²) in [5.41, 5.74) is 1.21. The fraction of sp³-hybridized carbons (Fsp3) is 0.500. The number of aromatic amines is 1. The number of aromatic nitrogens is 2. The molecule has 0 saturated carbocycles. The highest BCUT2D eigenvalue weighted by molar-refractivity contribution is 5.68. The molecule has 0 amide bonds. The lowest BCUT2D eigenvalue weighted by atomic mass is 9.85. The second kappa shape index (κ2) is 3.84. The third-order valence-electron chi connectivity index (χ3n) is 2.77. The van der Waals surface area contributed by atoms with Gasteiger partial charge in [-0.25, -0.2) is 4.98 Å². The second-order valence-electron chi connectivity index (χ2n) is 3.78. The first-order valence-corrected chi connectivity index (χ1v) is 4.96. The predicted molar refractivity (Wildman–Crippen MR) is 52.8 cm³/mol. The Morgan fingerprint density at radius 1 is 1.67 bits per heavy atom. The molecule has 2 N–H and O–H groups in total. The van der Waals surface area contributed by atoms with E-state index in [0.29, 0.717) is 17.7 Å². The molecule has 1 aromatic rings.